The Morgan fingerprint density at radius 2 is 1.72 bits per heavy atom. The van der Waals surface area contributed by atoms with Crippen LogP contribution in [-0.2, 0) is 11.3 Å². The van der Waals surface area contributed by atoms with E-state index in [0.29, 0.717) is 23.5 Å². The third kappa shape index (κ3) is 4.83. The molecule has 0 atom stereocenters. The Morgan fingerprint density at radius 3 is 2.34 bits per heavy atom. The van der Waals surface area contributed by atoms with Crippen molar-refractivity contribution in [2.75, 3.05) is 12.4 Å². The van der Waals surface area contributed by atoms with Crippen LogP contribution in [0, 0.1) is 13.8 Å². The van der Waals surface area contributed by atoms with Gasteiger partial charge < -0.3 is 10.1 Å². The monoisotopic (exact) mass is 456 g/mol. The van der Waals surface area contributed by atoms with E-state index in [1.54, 1.807) is 16.8 Å². The molecule has 0 saturated carbocycles. The minimum atomic E-state index is -0.528. The highest BCUT2D eigenvalue weighted by molar-refractivity contribution is 9.10. The second-order valence-corrected chi connectivity index (χ2v) is 7.35. The van der Waals surface area contributed by atoms with Crippen LogP contribution in [0.1, 0.15) is 27.3 Å². The summed E-state index contributed by atoms with van der Waals surface area (Å²) in [6.07, 6.45) is -0.528. The fourth-order valence-electron chi connectivity index (χ4n) is 2.95. The molecule has 8 heteroatoms. The van der Waals surface area contributed by atoms with Crippen molar-refractivity contribution < 1.29 is 14.3 Å². The first-order chi connectivity index (χ1) is 13.9. The van der Waals surface area contributed by atoms with E-state index < -0.39 is 6.09 Å². The number of nitrogens with zero attached hydrogens (tertiary/aromatic N) is 2. The number of anilines is 1. The number of carbonyl (C=O) groups excluding carboxylic acids is 2. The molecule has 1 aromatic heterocycles. The summed E-state index contributed by atoms with van der Waals surface area (Å²) in [6, 6.07) is 14.9. The Bertz CT molecular complexity index is 1030. The van der Waals surface area contributed by atoms with Gasteiger partial charge in [-0.1, -0.05) is 28.1 Å². The van der Waals surface area contributed by atoms with Gasteiger partial charge in [0.05, 0.1) is 29.7 Å². The molecule has 2 N–H and O–H groups in total. The average Bonchev–Trinajstić information content (AvgIpc) is 3.01. The van der Waals surface area contributed by atoms with Crippen LogP contribution in [0.15, 0.2) is 53.0 Å². The standard InChI is InChI=1S/C21H21BrN4O3/c1-13-19(14(2)26(25-13)18-10-6-16(22)7-11-18)20(27)23-12-15-4-8-17(9-5-15)24-21(28)29-3/h4-11H,12H2,1-3H3,(H,23,27)(H,24,28). The van der Waals surface area contributed by atoms with Crippen molar-refractivity contribution >= 4 is 33.6 Å². The minimum absolute atomic E-state index is 0.180. The number of carbonyl (C=O) groups is 2. The van der Waals surface area contributed by atoms with Gasteiger partial charge in [0, 0.05) is 16.7 Å². The van der Waals surface area contributed by atoms with Crippen molar-refractivity contribution in [2.24, 2.45) is 0 Å². The molecule has 3 aromatic rings. The number of ether oxygens (including phenoxy) is 1. The SMILES string of the molecule is COC(=O)Nc1ccc(CNC(=O)c2c(C)nn(-c3ccc(Br)cc3)c2C)cc1. The van der Waals surface area contributed by atoms with Gasteiger partial charge in [-0.05, 0) is 55.8 Å². The summed E-state index contributed by atoms with van der Waals surface area (Å²) in [6.45, 7) is 4.06. The summed E-state index contributed by atoms with van der Waals surface area (Å²) in [7, 11) is 1.31. The lowest BCUT2D eigenvalue weighted by atomic mass is 10.1. The minimum Gasteiger partial charge on any atom is -0.453 e. The predicted molar refractivity (Wildman–Crippen MR) is 114 cm³/mol. The van der Waals surface area contributed by atoms with Crippen molar-refractivity contribution in [1.82, 2.24) is 15.1 Å². The molecule has 2 aromatic carbocycles. The van der Waals surface area contributed by atoms with E-state index in [-0.39, 0.29) is 5.91 Å². The van der Waals surface area contributed by atoms with Crippen LogP contribution in [0.2, 0.25) is 0 Å². The number of methoxy groups -OCH3 is 1. The van der Waals surface area contributed by atoms with Crippen molar-refractivity contribution in [2.45, 2.75) is 20.4 Å². The summed E-state index contributed by atoms with van der Waals surface area (Å²) in [5.41, 5.74) is 4.43. The number of aromatic nitrogens is 2. The van der Waals surface area contributed by atoms with Gasteiger partial charge in [-0.2, -0.15) is 5.10 Å². The first-order valence-electron chi connectivity index (χ1n) is 8.93. The lowest BCUT2D eigenvalue weighted by molar-refractivity contribution is 0.0949. The Balaban J connectivity index is 1.70. The molecule has 0 bridgehead atoms. The van der Waals surface area contributed by atoms with Crippen molar-refractivity contribution in [3.63, 3.8) is 0 Å². The molecule has 1 heterocycles. The van der Waals surface area contributed by atoms with E-state index in [1.165, 1.54) is 7.11 Å². The van der Waals surface area contributed by atoms with Crippen LogP contribution in [0.25, 0.3) is 5.69 Å². The third-order valence-corrected chi connectivity index (χ3v) is 4.96. The van der Waals surface area contributed by atoms with E-state index in [4.69, 9.17) is 0 Å². The van der Waals surface area contributed by atoms with Gasteiger partial charge >= 0.3 is 6.09 Å². The van der Waals surface area contributed by atoms with Crippen molar-refractivity contribution in [3.05, 3.63) is 75.5 Å². The van der Waals surface area contributed by atoms with Crippen molar-refractivity contribution in [3.8, 4) is 5.69 Å². The molecule has 0 aliphatic carbocycles. The molecular weight excluding hydrogens is 436 g/mol. The summed E-state index contributed by atoms with van der Waals surface area (Å²) >= 11 is 3.42. The quantitative estimate of drug-likeness (QED) is 0.596. The molecule has 150 valence electrons. The van der Waals surface area contributed by atoms with Gasteiger partial charge in [0.15, 0.2) is 0 Å². The van der Waals surface area contributed by atoms with Gasteiger partial charge in [-0.3, -0.25) is 10.1 Å². The van der Waals surface area contributed by atoms with E-state index in [2.05, 4.69) is 36.4 Å². The zero-order chi connectivity index (χ0) is 21.0. The Kier molecular flexibility index (Phi) is 6.33. The Morgan fingerprint density at radius 1 is 1.07 bits per heavy atom. The fourth-order valence-corrected chi connectivity index (χ4v) is 3.21. The molecule has 0 aliphatic heterocycles. The first-order valence-corrected chi connectivity index (χ1v) is 9.72. The molecule has 0 saturated heterocycles. The lowest BCUT2D eigenvalue weighted by Gasteiger charge is -2.08. The van der Waals surface area contributed by atoms with Gasteiger partial charge in [-0.15, -0.1) is 0 Å². The average molecular weight is 457 g/mol. The number of amides is 2. The van der Waals surface area contributed by atoms with E-state index in [1.807, 2.05) is 50.2 Å². The maximum Gasteiger partial charge on any atom is 0.411 e. The van der Waals surface area contributed by atoms with Crippen LogP contribution < -0.4 is 10.6 Å². The van der Waals surface area contributed by atoms with Crippen molar-refractivity contribution in [1.29, 1.82) is 0 Å². The summed E-state index contributed by atoms with van der Waals surface area (Å²) in [4.78, 5) is 24.0. The van der Waals surface area contributed by atoms with Crippen LogP contribution >= 0.6 is 15.9 Å². The molecule has 0 fully saturated rings. The highest BCUT2D eigenvalue weighted by atomic mass is 79.9. The molecule has 0 radical (unpaired) electrons. The molecule has 7 nitrogen and oxygen atoms in total. The van der Waals surface area contributed by atoms with Gasteiger partial charge in [0.1, 0.15) is 0 Å². The smallest absolute Gasteiger partial charge is 0.411 e. The number of hydrogen-bond donors (Lipinski definition) is 2. The normalized spacial score (nSPS) is 10.5. The summed E-state index contributed by atoms with van der Waals surface area (Å²) in [5.74, 6) is -0.180. The lowest BCUT2D eigenvalue weighted by Crippen LogP contribution is -2.24. The molecule has 0 spiro atoms. The third-order valence-electron chi connectivity index (χ3n) is 4.43. The van der Waals surface area contributed by atoms with Gasteiger partial charge in [0.25, 0.3) is 5.91 Å². The second kappa shape index (κ2) is 8.91. The number of halogens is 1. The predicted octanol–water partition coefficient (Wildman–Crippen LogP) is 4.36. The van der Waals surface area contributed by atoms with Crippen LogP contribution in [-0.4, -0.2) is 28.9 Å². The second-order valence-electron chi connectivity index (χ2n) is 6.43. The Labute approximate surface area is 177 Å². The van der Waals surface area contributed by atoms with E-state index >= 15 is 0 Å². The largest absolute Gasteiger partial charge is 0.453 e. The topological polar surface area (TPSA) is 85.2 Å². The number of hydrogen-bond acceptors (Lipinski definition) is 4. The Hall–Kier alpha value is -3.13. The highest BCUT2D eigenvalue weighted by Gasteiger charge is 2.19. The van der Waals surface area contributed by atoms with E-state index in [9.17, 15) is 9.59 Å². The number of rotatable bonds is 5. The van der Waals surface area contributed by atoms with Gasteiger partial charge in [-0.25, -0.2) is 9.48 Å². The number of benzene rings is 2. The van der Waals surface area contributed by atoms with Crippen LogP contribution in [0.4, 0.5) is 10.5 Å². The van der Waals surface area contributed by atoms with Crippen LogP contribution in [0.5, 0.6) is 0 Å². The zero-order valence-electron chi connectivity index (χ0n) is 16.3. The van der Waals surface area contributed by atoms with Gasteiger partial charge in [0.2, 0.25) is 0 Å². The summed E-state index contributed by atoms with van der Waals surface area (Å²) < 4.78 is 7.31. The van der Waals surface area contributed by atoms with Crippen LogP contribution in [0.3, 0.4) is 0 Å². The fraction of sp³-hybridized carbons (Fsp3) is 0.190. The molecular formula is C21H21BrN4O3. The van der Waals surface area contributed by atoms with E-state index in [0.717, 1.165) is 21.4 Å². The maximum absolute atomic E-state index is 12.8. The highest BCUT2D eigenvalue weighted by Crippen LogP contribution is 2.20. The number of aryl methyl sites for hydroxylation is 1. The number of nitrogens with one attached hydrogen (secondary N) is 2. The molecule has 29 heavy (non-hydrogen) atoms. The molecule has 0 aliphatic rings. The molecule has 3 rings (SSSR count). The first kappa shape index (κ1) is 20.6. The molecule has 2 amide bonds. The zero-order valence-corrected chi connectivity index (χ0v) is 17.9. The summed E-state index contributed by atoms with van der Waals surface area (Å²) in [5, 5.41) is 10.0. The maximum atomic E-state index is 12.8. The molecule has 0 unspecified atom stereocenters.